The van der Waals surface area contributed by atoms with Crippen LogP contribution in [0, 0.1) is 0 Å². The lowest BCUT2D eigenvalue weighted by atomic mass is 10.2. The Morgan fingerprint density at radius 3 is 1.94 bits per heavy atom. The number of rotatable bonds is 3. The third-order valence-electron chi connectivity index (χ3n) is 2.39. The molecule has 4 heteroatoms. The first-order valence-corrected chi connectivity index (χ1v) is 6.81. The topological polar surface area (TPSA) is 34.1 Å². The Hall–Kier alpha value is -1.94. The zero-order valence-corrected chi connectivity index (χ0v) is 10.3. The minimum absolute atomic E-state index is 0.0466. The highest BCUT2D eigenvalue weighted by Gasteiger charge is 2.20. The molecule has 0 bridgehead atoms. The summed E-state index contributed by atoms with van der Waals surface area (Å²) in [5.41, 5.74) is 0.509. The molecule has 0 unspecified atom stereocenters. The van der Waals surface area contributed by atoms with Crippen LogP contribution in [0.25, 0.3) is 6.08 Å². The van der Waals surface area contributed by atoms with Crippen molar-refractivity contribution in [2.75, 3.05) is 0 Å². The molecule has 0 heterocycles. The van der Waals surface area contributed by atoms with Gasteiger partial charge in [-0.25, -0.2) is 8.42 Å². The maximum atomic E-state index is 13.8. The Bertz CT molecular complexity index is 647. The molecule has 0 aromatic heterocycles. The van der Waals surface area contributed by atoms with E-state index in [4.69, 9.17) is 0 Å². The van der Waals surface area contributed by atoms with E-state index in [1.807, 2.05) is 0 Å². The van der Waals surface area contributed by atoms with Gasteiger partial charge in [0.05, 0.1) is 4.90 Å². The fraction of sp³-hybridized carbons (Fsp3) is 0. The summed E-state index contributed by atoms with van der Waals surface area (Å²) in [5, 5.41) is -1.15. The second-order valence-corrected chi connectivity index (χ2v) is 5.54. The largest absolute Gasteiger partial charge is 0.233 e. The zero-order valence-electron chi connectivity index (χ0n) is 9.45. The summed E-state index contributed by atoms with van der Waals surface area (Å²) >= 11 is 0. The van der Waals surface area contributed by atoms with Crippen LogP contribution in [-0.4, -0.2) is 8.42 Å². The second-order valence-electron chi connectivity index (χ2n) is 3.68. The van der Waals surface area contributed by atoms with Gasteiger partial charge in [0, 0.05) is 0 Å². The molecule has 0 aliphatic carbocycles. The molecule has 92 valence electrons. The van der Waals surface area contributed by atoms with Crippen LogP contribution in [-0.2, 0) is 9.84 Å². The smallest absolute Gasteiger partial charge is 0.216 e. The molecular formula is C14H11FO2S. The molecular weight excluding hydrogens is 251 g/mol. The van der Waals surface area contributed by atoms with E-state index < -0.39 is 15.0 Å². The van der Waals surface area contributed by atoms with Crippen molar-refractivity contribution in [3.05, 3.63) is 71.4 Å². The number of hydrogen-bond donors (Lipinski definition) is 0. The fourth-order valence-electron chi connectivity index (χ4n) is 1.47. The summed E-state index contributed by atoms with van der Waals surface area (Å²) in [4.78, 5) is -0.0466. The lowest BCUT2D eigenvalue weighted by molar-refractivity contribution is 0.579. The standard InChI is InChI=1S/C14H11FO2S/c15-14(11-12-7-3-1-4-8-12)18(16,17)13-9-5-2-6-10-13/h1-11H. The Labute approximate surface area is 105 Å². The summed E-state index contributed by atoms with van der Waals surface area (Å²) in [6, 6.07) is 16.0. The van der Waals surface area contributed by atoms with Crippen molar-refractivity contribution in [2.45, 2.75) is 4.90 Å². The van der Waals surface area contributed by atoms with E-state index in [0.29, 0.717) is 5.56 Å². The summed E-state index contributed by atoms with van der Waals surface area (Å²) < 4.78 is 37.6. The molecule has 0 N–H and O–H groups in total. The Morgan fingerprint density at radius 1 is 0.889 bits per heavy atom. The van der Waals surface area contributed by atoms with Crippen LogP contribution in [0.1, 0.15) is 5.56 Å². The molecule has 2 aromatic rings. The Morgan fingerprint density at radius 2 is 1.39 bits per heavy atom. The molecule has 2 aromatic carbocycles. The van der Waals surface area contributed by atoms with E-state index in [1.54, 1.807) is 48.5 Å². The minimum Gasteiger partial charge on any atom is -0.216 e. The van der Waals surface area contributed by atoms with Crippen molar-refractivity contribution in [3.8, 4) is 0 Å². The van der Waals surface area contributed by atoms with E-state index in [0.717, 1.165) is 6.08 Å². The fourth-order valence-corrected chi connectivity index (χ4v) is 2.50. The molecule has 0 saturated heterocycles. The number of hydrogen-bond acceptors (Lipinski definition) is 2. The van der Waals surface area contributed by atoms with E-state index in [1.165, 1.54) is 12.1 Å². The van der Waals surface area contributed by atoms with Gasteiger partial charge in [-0.3, -0.25) is 0 Å². The van der Waals surface area contributed by atoms with Crippen molar-refractivity contribution in [2.24, 2.45) is 0 Å². The van der Waals surface area contributed by atoms with Gasteiger partial charge >= 0.3 is 0 Å². The van der Waals surface area contributed by atoms with Gasteiger partial charge in [0.2, 0.25) is 15.0 Å². The van der Waals surface area contributed by atoms with Crippen LogP contribution in [0.5, 0.6) is 0 Å². The molecule has 0 fully saturated rings. The molecule has 0 aliphatic rings. The third kappa shape index (κ3) is 2.65. The molecule has 2 rings (SSSR count). The highest BCUT2D eigenvalue weighted by Crippen LogP contribution is 2.22. The molecule has 18 heavy (non-hydrogen) atoms. The molecule has 0 saturated carbocycles. The number of sulfone groups is 1. The lowest BCUT2D eigenvalue weighted by Gasteiger charge is -2.01. The molecule has 0 atom stereocenters. The number of benzene rings is 2. The quantitative estimate of drug-likeness (QED) is 0.849. The first kappa shape index (κ1) is 12.5. The minimum atomic E-state index is -4.04. The monoisotopic (exact) mass is 262 g/mol. The van der Waals surface area contributed by atoms with E-state index >= 15 is 0 Å². The van der Waals surface area contributed by atoms with E-state index in [9.17, 15) is 12.8 Å². The second kappa shape index (κ2) is 5.14. The van der Waals surface area contributed by atoms with Crippen LogP contribution in [0.3, 0.4) is 0 Å². The summed E-state index contributed by atoms with van der Waals surface area (Å²) in [6.07, 6.45) is 1.02. The lowest BCUT2D eigenvalue weighted by Crippen LogP contribution is -2.00. The van der Waals surface area contributed by atoms with Crippen LogP contribution in [0.4, 0.5) is 4.39 Å². The van der Waals surface area contributed by atoms with Crippen molar-refractivity contribution in [1.82, 2.24) is 0 Å². The molecule has 2 nitrogen and oxygen atoms in total. The molecule has 0 amide bonds. The van der Waals surface area contributed by atoms with E-state index in [-0.39, 0.29) is 4.90 Å². The van der Waals surface area contributed by atoms with Crippen LogP contribution in [0.2, 0.25) is 0 Å². The van der Waals surface area contributed by atoms with Crippen LogP contribution in [0.15, 0.2) is 70.7 Å². The normalized spacial score (nSPS) is 12.4. The average molecular weight is 262 g/mol. The molecule has 0 aliphatic heterocycles. The predicted molar refractivity (Wildman–Crippen MR) is 69.2 cm³/mol. The SMILES string of the molecule is O=S(=O)(C(F)=Cc1ccccc1)c1ccccc1. The van der Waals surface area contributed by atoms with Crippen molar-refractivity contribution in [1.29, 1.82) is 0 Å². The Kier molecular flexibility index (Phi) is 3.58. The van der Waals surface area contributed by atoms with Gasteiger partial charge in [-0.1, -0.05) is 48.5 Å². The van der Waals surface area contributed by atoms with Gasteiger partial charge in [0.25, 0.3) is 0 Å². The molecule has 0 spiro atoms. The third-order valence-corrected chi connectivity index (χ3v) is 3.91. The maximum absolute atomic E-state index is 13.8. The van der Waals surface area contributed by atoms with E-state index in [2.05, 4.69) is 0 Å². The molecule has 0 radical (unpaired) electrons. The first-order chi connectivity index (χ1) is 8.60. The summed E-state index contributed by atoms with van der Waals surface area (Å²) in [6.45, 7) is 0. The zero-order chi connectivity index (χ0) is 13.0. The first-order valence-electron chi connectivity index (χ1n) is 5.33. The highest BCUT2D eigenvalue weighted by atomic mass is 32.2. The summed E-state index contributed by atoms with van der Waals surface area (Å²) in [5.74, 6) is 0. The van der Waals surface area contributed by atoms with Crippen molar-refractivity contribution >= 4 is 15.9 Å². The van der Waals surface area contributed by atoms with Crippen molar-refractivity contribution in [3.63, 3.8) is 0 Å². The maximum Gasteiger partial charge on any atom is 0.233 e. The Balaban J connectivity index is 2.40. The van der Waals surface area contributed by atoms with Gasteiger partial charge < -0.3 is 0 Å². The average Bonchev–Trinajstić information content (AvgIpc) is 2.41. The van der Waals surface area contributed by atoms with Crippen LogP contribution < -0.4 is 0 Å². The van der Waals surface area contributed by atoms with Gasteiger partial charge in [-0.05, 0) is 23.8 Å². The predicted octanol–water partition coefficient (Wildman–Crippen LogP) is 3.43. The van der Waals surface area contributed by atoms with Crippen LogP contribution >= 0.6 is 0 Å². The summed E-state index contributed by atoms with van der Waals surface area (Å²) in [7, 11) is -4.04. The van der Waals surface area contributed by atoms with Gasteiger partial charge in [0.15, 0.2) is 0 Å². The van der Waals surface area contributed by atoms with Crippen molar-refractivity contribution < 1.29 is 12.8 Å². The number of halogens is 1. The highest BCUT2D eigenvalue weighted by molar-refractivity contribution is 7.95. The van der Waals surface area contributed by atoms with Gasteiger partial charge in [-0.2, -0.15) is 4.39 Å². The van der Waals surface area contributed by atoms with Gasteiger partial charge in [0.1, 0.15) is 0 Å². The van der Waals surface area contributed by atoms with Gasteiger partial charge in [-0.15, -0.1) is 0 Å².